The van der Waals surface area contributed by atoms with Crippen LogP contribution in [0.2, 0.25) is 0 Å². The minimum atomic E-state index is -3.33. The molecule has 1 aliphatic carbocycles. The third-order valence-corrected chi connectivity index (χ3v) is 7.39. The number of hydrogen-bond donors (Lipinski definition) is 2. The van der Waals surface area contributed by atoms with Crippen LogP contribution in [0.25, 0.3) is 11.1 Å². The molecule has 1 fully saturated rings. The molecule has 35 heavy (non-hydrogen) atoms. The number of alkyl halides is 5. The van der Waals surface area contributed by atoms with Crippen molar-refractivity contribution in [1.82, 2.24) is 10.6 Å². The standard InChI is InChI=1S/C23H22Cl3F2N3O3S/c1-35(33,34)17-8-6-15(7-9-17)14-2-4-16(5-3-14)20(23(24,25)26)30-18(12-19(27)28)21(32)31-22(13-29)10-11-22/h2-9,18-20,30H,10-12H2,1H3,(H,31,32)/t18-,20-/m0/s1. The van der Waals surface area contributed by atoms with E-state index in [1.807, 2.05) is 6.07 Å². The van der Waals surface area contributed by atoms with Crippen LogP contribution in [0.15, 0.2) is 53.4 Å². The summed E-state index contributed by atoms with van der Waals surface area (Å²) in [5.74, 6) is -0.772. The monoisotopic (exact) mass is 563 g/mol. The SMILES string of the molecule is CS(=O)(=O)c1ccc(-c2ccc([C@H](N[C@@H](CC(F)F)C(=O)NC3(C#N)CC3)C(Cl)(Cl)Cl)cc2)cc1. The van der Waals surface area contributed by atoms with E-state index in [4.69, 9.17) is 34.8 Å². The van der Waals surface area contributed by atoms with Gasteiger partial charge in [0.2, 0.25) is 16.1 Å². The number of benzene rings is 2. The van der Waals surface area contributed by atoms with Crippen LogP contribution in [0, 0.1) is 11.3 Å². The predicted octanol–water partition coefficient (Wildman–Crippen LogP) is 4.95. The lowest BCUT2D eigenvalue weighted by molar-refractivity contribution is -0.125. The number of rotatable bonds is 9. The molecule has 0 aromatic heterocycles. The zero-order valence-electron chi connectivity index (χ0n) is 18.4. The zero-order valence-corrected chi connectivity index (χ0v) is 21.5. The molecular weight excluding hydrogens is 543 g/mol. The number of nitriles is 1. The van der Waals surface area contributed by atoms with Crippen LogP contribution in [-0.4, -0.2) is 42.4 Å². The fourth-order valence-corrected chi connectivity index (χ4v) is 4.68. The van der Waals surface area contributed by atoms with Crippen molar-refractivity contribution in [3.05, 3.63) is 54.1 Å². The van der Waals surface area contributed by atoms with Crippen LogP contribution in [-0.2, 0) is 14.6 Å². The molecule has 1 saturated carbocycles. The number of hydrogen-bond acceptors (Lipinski definition) is 5. The first-order valence-corrected chi connectivity index (χ1v) is 13.5. The average molecular weight is 565 g/mol. The van der Waals surface area contributed by atoms with Gasteiger partial charge < -0.3 is 5.32 Å². The molecule has 0 saturated heterocycles. The zero-order chi connectivity index (χ0) is 26.0. The smallest absolute Gasteiger partial charge is 0.240 e. The Kier molecular flexibility index (Phi) is 8.34. The Balaban J connectivity index is 1.84. The second kappa shape index (κ2) is 10.6. The molecule has 2 atom stereocenters. The van der Waals surface area contributed by atoms with Crippen molar-refractivity contribution in [2.75, 3.05) is 6.26 Å². The first kappa shape index (κ1) is 27.6. The summed E-state index contributed by atoms with van der Waals surface area (Å²) in [4.78, 5) is 12.9. The predicted molar refractivity (Wildman–Crippen MR) is 131 cm³/mol. The average Bonchev–Trinajstić information content (AvgIpc) is 3.55. The first-order valence-electron chi connectivity index (χ1n) is 10.5. The summed E-state index contributed by atoms with van der Waals surface area (Å²) in [6.45, 7) is 0. The van der Waals surface area contributed by atoms with E-state index in [9.17, 15) is 27.3 Å². The molecule has 2 aromatic carbocycles. The van der Waals surface area contributed by atoms with Gasteiger partial charge in [-0.1, -0.05) is 71.2 Å². The minimum Gasteiger partial charge on any atom is -0.336 e. The molecule has 2 N–H and O–H groups in total. The van der Waals surface area contributed by atoms with Crippen molar-refractivity contribution in [3.63, 3.8) is 0 Å². The number of nitrogens with zero attached hydrogens (tertiary/aromatic N) is 1. The summed E-state index contributed by atoms with van der Waals surface area (Å²) in [7, 11) is -3.33. The van der Waals surface area contributed by atoms with Crippen molar-refractivity contribution < 1.29 is 22.0 Å². The van der Waals surface area contributed by atoms with Gasteiger partial charge in [0.15, 0.2) is 9.84 Å². The lowest BCUT2D eigenvalue weighted by atomic mass is 10.00. The molecule has 188 valence electrons. The van der Waals surface area contributed by atoms with Crippen LogP contribution in [0.5, 0.6) is 0 Å². The molecule has 0 heterocycles. The maximum Gasteiger partial charge on any atom is 0.240 e. The van der Waals surface area contributed by atoms with Gasteiger partial charge >= 0.3 is 0 Å². The number of nitrogens with one attached hydrogen (secondary N) is 2. The Bertz CT molecular complexity index is 1210. The largest absolute Gasteiger partial charge is 0.336 e. The van der Waals surface area contributed by atoms with Crippen molar-refractivity contribution in [2.45, 2.75) is 52.0 Å². The third-order valence-electron chi connectivity index (χ3n) is 5.61. The fraction of sp³-hybridized carbons (Fsp3) is 0.391. The molecule has 3 rings (SSSR count). The van der Waals surface area contributed by atoms with Crippen molar-refractivity contribution in [1.29, 1.82) is 5.26 Å². The lowest BCUT2D eigenvalue weighted by Crippen LogP contribution is -2.52. The maximum absolute atomic E-state index is 13.2. The second-order valence-electron chi connectivity index (χ2n) is 8.42. The highest BCUT2D eigenvalue weighted by atomic mass is 35.6. The van der Waals surface area contributed by atoms with Crippen molar-refractivity contribution in [2.24, 2.45) is 0 Å². The highest BCUT2D eigenvalue weighted by Crippen LogP contribution is 2.41. The Hall–Kier alpha value is -1.96. The van der Waals surface area contributed by atoms with E-state index in [1.165, 1.54) is 12.1 Å². The van der Waals surface area contributed by atoms with Crippen LogP contribution in [0.3, 0.4) is 0 Å². The number of amides is 1. The van der Waals surface area contributed by atoms with E-state index in [0.29, 0.717) is 18.4 Å². The van der Waals surface area contributed by atoms with Gasteiger partial charge in [-0.05, 0) is 41.7 Å². The fourth-order valence-electron chi connectivity index (χ4n) is 3.49. The molecule has 2 aromatic rings. The second-order valence-corrected chi connectivity index (χ2v) is 12.8. The quantitative estimate of drug-likeness (QED) is 0.420. The van der Waals surface area contributed by atoms with Crippen LogP contribution in [0.4, 0.5) is 8.78 Å². The summed E-state index contributed by atoms with van der Waals surface area (Å²) in [5, 5.41) is 14.5. The summed E-state index contributed by atoms with van der Waals surface area (Å²) in [6.07, 6.45) is -1.65. The Morgan fingerprint density at radius 1 is 1.09 bits per heavy atom. The number of carbonyl (C=O) groups is 1. The van der Waals surface area contributed by atoms with Gasteiger partial charge in [-0.25, -0.2) is 17.2 Å². The van der Waals surface area contributed by atoms with Gasteiger partial charge in [-0.2, -0.15) is 5.26 Å². The molecule has 1 amide bonds. The minimum absolute atomic E-state index is 0.186. The van der Waals surface area contributed by atoms with Crippen LogP contribution >= 0.6 is 34.8 Å². The van der Waals surface area contributed by atoms with Crippen molar-refractivity contribution in [3.8, 4) is 17.2 Å². The molecular formula is C23H22Cl3F2N3O3S. The highest BCUT2D eigenvalue weighted by molar-refractivity contribution is 7.90. The Labute approximate surface area is 217 Å². The van der Waals surface area contributed by atoms with E-state index >= 15 is 0 Å². The summed E-state index contributed by atoms with van der Waals surface area (Å²) < 4.78 is 47.8. The number of carbonyl (C=O) groups excluding carboxylic acids is 1. The molecule has 0 bridgehead atoms. The highest BCUT2D eigenvalue weighted by Gasteiger charge is 2.46. The number of sulfone groups is 1. The molecule has 1 aliphatic rings. The Morgan fingerprint density at radius 3 is 2.00 bits per heavy atom. The molecule has 0 spiro atoms. The van der Waals surface area contributed by atoms with E-state index in [2.05, 4.69) is 10.6 Å². The van der Waals surface area contributed by atoms with Gasteiger partial charge in [-0.15, -0.1) is 0 Å². The third kappa shape index (κ3) is 7.28. The molecule has 0 unspecified atom stereocenters. The number of halogens is 5. The van der Waals surface area contributed by atoms with Crippen LogP contribution in [0.1, 0.15) is 30.9 Å². The van der Waals surface area contributed by atoms with E-state index in [0.717, 1.165) is 17.4 Å². The molecule has 0 aliphatic heterocycles. The van der Waals surface area contributed by atoms with Gasteiger partial charge in [0.05, 0.1) is 23.0 Å². The van der Waals surface area contributed by atoms with E-state index < -0.39 is 50.0 Å². The Morgan fingerprint density at radius 2 is 1.60 bits per heavy atom. The van der Waals surface area contributed by atoms with E-state index in [-0.39, 0.29) is 4.90 Å². The summed E-state index contributed by atoms with van der Waals surface area (Å²) >= 11 is 18.4. The molecule has 0 radical (unpaired) electrons. The first-order chi connectivity index (χ1) is 16.2. The summed E-state index contributed by atoms with van der Waals surface area (Å²) in [5.41, 5.74) is 0.866. The van der Waals surface area contributed by atoms with E-state index in [1.54, 1.807) is 36.4 Å². The van der Waals surface area contributed by atoms with Gasteiger partial charge in [0.25, 0.3) is 0 Å². The van der Waals surface area contributed by atoms with Crippen LogP contribution < -0.4 is 10.6 Å². The van der Waals surface area contributed by atoms with Gasteiger partial charge in [-0.3, -0.25) is 10.1 Å². The summed E-state index contributed by atoms with van der Waals surface area (Å²) in [6, 6.07) is 12.4. The lowest BCUT2D eigenvalue weighted by Gasteiger charge is -2.30. The van der Waals surface area contributed by atoms with Crippen molar-refractivity contribution >= 4 is 50.5 Å². The molecule has 6 nitrogen and oxygen atoms in total. The maximum atomic E-state index is 13.2. The normalized spacial score (nSPS) is 16.9. The van der Waals surface area contributed by atoms with Gasteiger partial charge in [0.1, 0.15) is 5.54 Å². The van der Waals surface area contributed by atoms with Gasteiger partial charge in [0, 0.05) is 12.7 Å². The molecule has 12 heteroatoms. The topological polar surface area (TPSA) is 99.1 Å².